The van der Waals surface area contributed by atoms with E-state index >= 15 is 0 Å². The van der Waals surface area contributed by atoms with Crippen LogP contribution in [0.25, 0.3) is 22.2 Å². The number of hydrogen-bond donors (Lipinski definition) is 2. The lowest BCUT2D eigenvalue weighted by Gasteiger charge is -2.04. The topological polar surface area (TPSA) is 58.5 Å². The van der Waals surface area contributed by atoms with Gasteiger partial charge in [0.1, 0.15) is 5.82 Å². The Balaban J connectivity index is 2.04. The molecule has 20 heavy (non-hydrogen) atoms. The number of aromatic amines is 1. The summed E-state index contributed by atoms with van der Waals surface area (Å²) >= 11 is 0. The Morgan fingerprint density at radius 3 is 3.00 bits per heavy atom. The molecule has 0 unspecified atom stereocenters. The van der Waals surface area contributed by atoms with E-state index in [0.717, 1.165) is 46.6 Å². The molecule has 0 aliphatic heterocycles. The van der Waals surface area contributed by atoms with Gasteiger partial charge in [-0.05, 0) is 31.7 Å². The van der Waals surface area contributed by atoms with Crippen molar-refractivity contribution >= 4 is 11.0 Å². The van der Waals surface area contributed by atoms with E-state index in [0.29, 0.717) is 0 Å². The zero-order chi connectivity index (χ0) is 14.1. The molecule has 2 heterocycles. The number of nitrogens with one attached hydrogen (secondary N) is 2. The zero-order valence-electron chi connectivity index (χ0n) is 12.1. The molecule has 0 spiro atoms. The molecule has 0 fully saturated rings. The molecule has 0 amide bonds. The van der Waals surface area contributed by atoms with Crippen LogP contribution in [0.4, 0.5) is 0 Å². The fraction of sp³-hybridized carbons (Fsp3) is 0.333. The summed E-state index contributed by atoms with van der Waals surface area (Å²) in [5, 5.41) is 10.4. The number of imidazole rings is 1. The lowest BCUT2D eigenvalue weighted by molar-refractivity contribution is 0.773. The first-order valence-electron chi connectivity index (χ1n) is 6.81. The maximum atomic E-state index is 4.60. The molecule has 3 aromatic rings. The molecule has 0 saturated carbocycles. The third-order valence-electron chi connectivity index (χ3n) is 3.76. The van der Waals surface area contributed by atoms with Gasteiger partial charge in [-0.1, -0.05) is 6.07 Å². The largest absolute Gasteiger partial charge is 0.331 e. The lowest BCUT2D eigenvalue weighted by atomic mass is 10.0. The molecule has 1 aromatic carbocycles. The maximum absolute atomic E-state index is 4.60. The quantitative estimate of drug-likeness (QED) is 0.762. The number of benzene rings is 1. The molecular formula is C15H19N5. The van der Waals surface area contributed by atoms with Crippen molar-refractivity contribution in [2.45, 2.75) is 13.3 Å². The molecule has 3 rings (SSSR count). The summed E-state index contributed by atoms with van der Waals surface area (Å²) in [5.74, 6) is 1.03. The van der Waals surface area contributed by atoms with Crippen molar-refractivity contribution < 1.29 is 0 Å². The SMILES string of the molecule is CNCCc1[nH]ncc1-c1ccc2c(c1)nc(C)n2C. The van der Waals surface area contributed by atoms with Crippen LogP contribution in [0.1, 0.15) is 11.5 Å². The third kappa shape index (κ3) is 2.10. The number of rotatable bonds is 4. The minimum Gasteiger partial charge on any atom is -0.331 e. The van der Waals surface area contributed by atoms with Crippen LogP contribution >= 0.6 is 0 Å². The summed E-state index contributed by atoms with van der Waals surface area (Å²) in [4.78, 5) is 4.60. The van der Waals surface area contributed by atoms with E-state index in [9.17, 15) is 0 Å². The van der Waals surface area contributed by atoms with Crippen molar-refractivity contribution in [1.29, 1.82) is 0 Å². The van der Waals surface area contributed by atoms with Crippen LogP contribution in [0, 0.1) is 6.92 Å². The summed E-state index contributed by atoms with van der Waals surface area (Å²) in [6.45, 7) is 2.95. The van der Waals surface area contributed by atoms with E-state index in [1.807, 2.05) is 27.2 Å². The molecule has 104 valence electrons. The highest BCUT2D eigenvalue weighted by Gasteiger charge is 2.10. The van der Waals surface area contributed by atoms with Gasteiger partial charge >= 0.3 is 0 Å². The van der Waals surface area contributed by atoms with E-state index in [1.54, 1.807) is 0 Å². The van der Waals surface area contributed by atoms with E-state index < -0.39 is 0 Å². The number of fused-ring (bicyclic) bond motifs is 1. The first kappa shape index (κ1) is 12.9. The molecule has 0 aliphatic carbocycles. The van der Waals surface area contributed by atoms with Gasteiger partial charge in [-0.25, -0.2) is 4.98 Å². The summed E-state index contributed by atoms with van der Waals surface area (Å²) < 4.78 is 2.11. The molecule has 0 bridgehead atoms. The lowest BCUT2D eigenvalue weighted by Crippen LogP contribution is -2.11. The van der Waals surface area contributed by atoms with Gasteiger partial charge in [-0.2, -0.15) is 5.10 Å². The highest BCUT2D eigenvalue weighted by molar-refractivity contribution is 5.83. The van der Waals surface area contributed by atoms with E-state index in [4.69, 9.17) is 0 Å². The van der Waals surface area contributed by atoms with Gasteiger partial charge < -0.3 is 9.88 Å². The molecule has 2 aromatic heterocycles. The molecule has 0 atom stereocenters. The summed E-state index contributed by atoms with van der Waals surface area (Å²) in [7, 11) is 4.00. The monoisotopic (exact) mass is 269 g/mol. The average Bonchev–Trinajstić information content (AvgIpc) is 3.02. The Morgan fingerprint density at radius 1 is 1.35 bits per heavy atom. The molecular weight excluding hydrogens is 250 g/mol. The second kappa shape index (κ2) is 5.09. The Bertz CT molecular complexity index is 738. The molecule has 5 heteroatoms. The minimum absolute atomic E-state index is 0.931. The number of aromatic nitrogens is 4. The number of H-pyrrole nitrogens is 1. The van der Waals surface area contributed by atoms with Crippen molar-refractivity contribution in [1.82, 2.24) is 25.1 Å². The van der Waals surface area contributed by atoms with Gasteiger partial charge in [0, 0.05) is 31.3 Å². The molecule has 5 nitrogen and oxygen atoms in total. The third-order valence-corrected chi connectivity index (χ3v) is 3.76. The van der Waals surface area contributed by atoms with Gasteiger partial charge in [0.25, 0.3) is 0 Å². The Hall–Kier alpha value is -2.14. The van der Waals surface area contributed by atoms with Gasteiger partial charge in [-0.3, -0.25) is 5.10 Å². The van der Waals surface area contributed by atoms with Gasteiger partial charge in [0.2, 0.25) is 0 Å². The number of likely N-dealkylation sites (N-methyl/N-ethyl adjacent to an activating group) is 1. The summed E-state index contributed by atoms with van der Waals surface area (Å²) in [6.07, 6.45) is 2.83. The number of nitrogens with zero attached hydrogens (tertiary/aromatic N) is 3. The highest BCUT2D eigenvalue weighted by Crippen LogP contribution is 2.26. The van der Waals surface area contributed by atoms with E-state index in [1.165, 1.54) is 0 Å². The summed E-state index contributed by atoms with van der Waals surface area (Å²) in [6, 6.07) is 6.40. The van der Waals surface area contributed by atoms with Crippen LogP contribution in [0.5, 0.6) is 0 Å². The van der Waals surface area contributed by atoms with Crippen LogP contribution < -0.4 is 5.32 Å². The highest BCUT2D eigenvalue weighted by atomic mass is 15.1. The minimum atomic E-state index is 0.931. The molecule has 0 radical (unpaired) electrons. The number of hydrogen-bond acceptors (Lipinski definition) is 3. The average molecular weight is 269 g/mol. The van der Waals surface area contributed by atoms with Crippen molar-refractivity contribution in [2.75, 3.05) is 13.6 Å². The van der Waals surface area contributed by atoms with Crippen LogP contribution in [0.3, 0.4) is 0 Å². The second-order valence-corrected chi connectivity index (χ2v) is 5.04. The van der Waals surface area contributed by atoms with Crippen LogP contribution in [0.15, 0.2) is 24.4 Å². The van der Waals surface area contributed by atoms with E-state index in [2.05, 4.69) is 43.3 Å². The van der Waals surface area contributed by atoms with Crippen molar-refractivity contribution in [2.24, 2.45) is 7.05 Å². The van der Waals surface area contributed by atoms with Crippen LogP contribution in [-0.4, -0.2) is 33.3 Å². The fourth-order valence-electron chi connectivity index (χ4n) is 2.49. The predicted octanol–water partition coefficient (Wildman–Crippen LogP) is 2.03. The van der Waals surface area contributed by atoms with Crippen molar-refractivity contribution in [3.05, 3.63) is 35.9 Å². The Morgan fingerprint density at radius 2 is 2.20 bits per heavy atom. The first-order chi connectivity index (χ1) is 9.70. The number of aryl methyl sites for hydroxylation is 2. The molecule has 0 saturated heterocycles. The van der Waals surface area contributed by atoms with Crippen molar-refractivity contribution in [3.8, 4) is 11.1 Å². The van der Waals surface area contributed by atoms with Gasteiger partial charge in [0.15, 0.2) is 0 Å². The Labute approximate surface area is 118 Å². The van der Waals surface area contributed by atoms with Gasteiger partial charge in [0.05, 0.1) is 17.2 Å². The molecule has 2 N–H and O–H groups in total. The Kier molecular flexibility index (Phi) is 3.28. The van der Waals surface area contributed by atoms with Gasteiger partial charge in [-0.15, -0.1) is 0 Å². The molecule has 0 aliphatic rings. The van der Waals surface area contributed by atoms with Crippen LogP contribution in [0.2, 0.25) is 0 Å². The standard InChI is InChI=1S/C15H19N5/c1-10-18-14-8-11(4-5-15(14)20(10)3)12-9-17-19-13(12)6-7-16-2/h4-5,8-9,16H,6-7H2,1-3H3,(H,17,19). The second-order valence-electron chi connectivity index (χ2n) is 5.04. The van der Waals surface area contributed by atoms with E-state index in [-0.39, 0.29) is 0 Å². The zero-order valence-corrected chi connectivity index (χ0v) is 12.1. The predicted molar refractivity (Wildman–Crippen MR) is 80.7 cm³/mol. The summed E-state index contributed by atoms with van der Waals surface area (Å²) in [5.41, 5.74) is 5.67. The smallest absolute Gasteiger partial charge is 0.106 e. The van der Waals surface area contributed by atoms with Crippen LogP contribution in [-0.2, 0) is 13.5 Å². The first-order valence-corrected chi connectivity index (χ1v) is 6.81. The normalized spacial score (nSPS) is 11.3. The van der Waals surface area contributed by atoms with Crippen molar-refractivity contribution in [3.63, 3.8) is 0 Å². The fourth-order valence-corrected chi connectivity index (χ4v) is 2.49. The maximum Gasteiger partial charge on any atom is 0.106 e.